The molecule has 0 amide bonds. The number of furan rings is 1. The first-order valence-electron chi connectivity index (χ1n) is 6.73. The zero-order valence-corrected chi connectivity index (χ0v) is 13.9. The van der Waals surface area contributed by atoms with Crippen LogP contribution >= 0.6 is 23.8 Å². The third-order valence-electron chi connectivity index (χ3n) is 2.82. The summed E-state index contributed by atoms with van der Waals surface area (Å²) in [6, 6.07) is 7.56. The van der Waals surface area contributed by atoms with Crippen molar-refractivity contribution >= 4 is 40.8 Å². The largest absolute Gasteiger partial charge is 0.455 e. The summed E-state index contributed by atoms with van der Waals surface area (Å²) in [5.74, 6) is 0.946. The fourth-order valence-corrected chi connectivity index (χ4v) is 2.15. The summed E-state index contributed by atoms with van der Waals surface area (Å²) in [4.78, 5) is 10.2. The molecule has 2 aromatic rings. The van der Waals surface area contributed by atoms with E-state index in [-0.39, 0.29) is 10.7 Å². The van der Waals surface area contributed by atoms with Crippen molar-refractivity contribution in [1.29, 1.82) is 0 Å². The van der Waals surface area contributed by atoms with E-state index in [0.717, 1.165) is 0 Å². The van der Waals surface area contributed by atoms with Crippen molar-refractivity contribution in [3.8, 4) is 11.3 Å². The molecule has 0 fully saturated rings. The molecule has 0 unspecified atom stereocenters. The van der Waals surface area contributed by atoms with Crippen molar-refractivity contribution in [3.05, 3.63) is 63.9 Å². The van der Waals surface area contributed by atoms with E-state index in [9.17, 15) is 10.1 Å². The highest BCUT2D eigenvalue weighted by molar-refractivity contribution is 7.80. The minimum absolute atomic E-state index is 0.0816. The zero-order chi connectivity index (χ0) is 17.5. The Morgan fingerprint density at radius 1 is 1.46 bits per heavy atom. The minimum atomic E-state index is -0.509. The van der Waals surface area contributed by atoms with Gasteiger partial charge in [-0.3, -0.25) is 15.5 Å². The Hall–Kier alpha value is -2.71. The number of hydrogen-bond acceptors (Lipinski definition) is 5. The van der Waals surface area contributed by atoms with Gasteiger partial charge in [-0.05, 0) is 30.4 Å². The molecule has 2 N–H and O–H groups in total. The average Bonchev–Trinajstić information content (AvgIpc) is 3.01. The highest BCUT2D eigenvalue weighted by Crippen LogP contribution is 2.31. The predicted molar refractivity (Wildman–Crippen MR) is 97.3 cm³/mol. The molecule has 124 valence electrons. The third-order valence-corrected chi connectivity index (χ3v) is 3.37. The molecule has 0 radical (unpaired) electrons. The van der Waals surface area contributed by atoms with Gasteiger partial charge in [0.2, 0.25) is 0 Å². The normalized spacial score (nSPS) is 10.5. The average molecular weight is 365 g/mol. The maximum Gasteiger partial charge on any atom is 0.270 e. The first kappa shape index (κ1) is 17.6. The topological polar surface area (TPSA) is 92.7 Å². The number of hydrogen-bond donors (Lipinski definition) is 2. The Balaban J connectivity index is 2.06. The minimum Gasteiger partial charge on any atom is -0.455 e. The quantitative estimate of drug-likeness (QED) is 0.268. The summed E-state index contributed by atoms with van der Waals surface area (Å²) < 4.78 is 5.59. The Kier molecular flexibility index (Phi) is 6.05. The summed E-state index contributed by atoms with van der Waals surface area (Å²) in [7, 11) is 0. The molecule has 0 aliphatic heterocycles. The second kappa shape index (κ2) is 8.23. The molecule has 7 nitrogen and oxygen atoms in total. The molecular formula is C15H13ClN4O3S. The van der Waals surface area contributed by atoms with Crippen molar-refractivity contribution in [1.82, 2.24) is 10.7 Å². The number of rotatable bonds is 6. The lowest BCUT2D eigenvalue weighted by Crippen LogP contribution is -2.31. The molecule has 9 heteroatoms. The molecule has 1 aromatic heterocycles. The molecule has 0 aliphatic carbocycles. The molecule has 0 saturated heterocycles. The van der Waals surface area contributed by atoms with Crippen LogP contribution in [-0.4, -0.2) is 22.8 Å². The van der Waals surface area contributed by atoms with E-state index in [1.165, 1.54) is 24.4 Å². The van der Waals surface area contributed by atoms with E-state index in [2.05, 4.69) is 22.4 Å². The van der Waals surface area contributed by atoms with Gasteiger partial charge in [0.05, 0.1) is 16.2 Å². The van der Waals surface area contributed by atoms with Crippen LogP contribution in [0.1, 0.15) is 5.76 Å². The third kappa shape index (κ3) is 4.64. The number of nitrogens with one attached hydrogen (secondary N) is 2. The van der Waals surface area contributed by atoms with Crippen molar-refractivity contribution in [2.24, 2.45) is 5.10 Å². The maximum absolute atomic E-state index is 10.7. The lowest BCUT2D eigenvalue weighted by molar-refractivity contribution is -0.384. The monoisotopic (exact) mass is 364 g/mol. The van der Waals surface area contributed by atoms with Crippen molar-refractivity contribution in [3.63, 3.8) is 0 Å². The van der Waals surface area contributed by atoms with Gasteiger partial charge >= 0.3 is 0 Å². The van der Waals surface area contributed by atoms with Crippen LogP contribution in [0.5, 0.6) is 0 Å². The molecule has 0 bridgehead atoms. The van der Waals surface area contributed by atoms with Gasteiger partial charge in [-0.25, -0.2) is 0 Å². The lowest BCUT2D eigenvalue weighted by atomic mass is 10.1. The summed E-state index contributed by atoms with van der Waals surface area (Å²) in [6.07, 6.45) is 3.12. The van der Waals surface area contributed by atoms with E-state index in [0.29, 0.717) is 28.7 Å². The first-order chi connectivity index (χ1) is 11.5. The number of thiocarbonyl (C=S) groups is 1. The predicted octanol–water partition coefficient (Wildman–Crippen LogP) is 3.49. The SMILES string of the molecule is C=CCNC(=S)N/N=C\c1ccc(-c2ccc([N+](=O)[O-])cc2Cl)o1. The number of nitrogens with zero attached hydrogens (tertiary/aromatic N) is 2. The van der Waals surface area contributed by atoms with Crippen LogP contribution in [-0.2, 0) is 0 Å². The van der Waals surface area contributed by atoms with Crippen LogP contribution in [0.25, 0.3) is 11.3 Å². The molecule has 0 atom stereocenters. The number of hydrazone groups is 1. The Bertz CT molecular complexity index is 804. The number of non-ortho nitro benzene ring substituents is 1. The summed E-state index contributed by atoms with van der Waals surface area (Å²) in [6.45, 7) is 4.10. The smallest absolute Gasteiger partial charge is 0.270 e. The van der Waals surface area contributed by atoms with Crippen LogP contribution in [0.2, 0.25) is 5.02 Å². The van der Waals surface area contributed by atoms with E-state index < -0.39 is 4.92 Å². The van der Waals surface area contributed by atoms with Crippen LogP contribution in [0.4, 0.5) is 5.69 Å². The van der Waals surface area contributed by atoms with Crippen LogP contribution in [0.3, 0.4) is 0 Å². The number of nitro benzene ring substituents is 1. The van der Waals surface area contributed by atoms with Gasteiger partial charge < -0.3 is 9.73 Å². The Morgan fingerprint density at radius 2 is 2.25 bits per heavy atom. The molecule has 0 aliphatic rings. The van der Waals surface area contributed by atoms with E-state index in [1.807, 2.05) is 0 Å². The van der Waals surface area contributed by atoms with Gasteiger partial charge in [-0.15, -0.1) is 6.58 Å². The zero-order valence-electron chi connectivity index (χ0n) is 12.4. The van der Waals surface area contributed by atoms with Gasteiger partial charge in [-0.2, -0.15) is 5.10 Å². The number of nitro groups is 1. The van der Waals surface area contributed by atoms with Gasteiger partial charge in [0.15, 0.2) is 5.11 Å². The highest BCUT2D eigenvalue weighted by atomic mass is 35.5. The molecule has 24 heavy (non-hydrogen) atoms. The number of halogens is 1. The van der Waals surface area contributed by atoms with E-state index in [4.69, 9.17) is 28.2 Å². The van der Waals surface area contributed by atoms with Crippen LogP contribution < -0.4 is 10.7 Å². The van der Waals surface area contributed by atoms with Crippen LogP contribution in [0, 0.1) is 10.1 Å². The molecular weight excluding hydrogens is 352 g/mol. The molecule has 1 aromatic carbocycles. The van der Waals surface area contributed by atoms with Crippen molar-refractivity contribution in [2.75, 3.05) is 6.54 Å². The number of benzene rings is 1. The second-order valence-corrected chi connectivity index (χ2v) is 5.31. The maximum atomic E-state index is 10.7. The highest BCUT2D eigenvalue weighted by Gasteiger charge is 2.13. The second-order valence-electron chi connectivity index (χ2n) is 4.49. The first-order valence-corrected chi connectivity index (χ1v) is 7.52. The van der Waals surface area contributed by atoms with E-state index >= 15 is 0 Å². The fourth-order valence-electron chi connectivity index (χ4n) is 1.74. The summed E-state index contributed by atoms with van der Waals surface area (Å²) >= 11 is 11.0. The van der Waals surface area contributed by atoms with Gasteiger partial charge in [0.25, 0.3) is 5.69 Å². The Labute approximate surface area is 148 Å². The van der Waals surface area contributed by atoms with Crippen molar-refractivity contribution < 1.29 is 9.34 Å². The van der Waals surface area contributed by atoms with Gasteiger partial charge in [0.1, 0.15) is 11.5 Å². The lowest BCUT2D eigenvalue weighted by Gasteiger charge is -2.02. The van der Waals surface area contributed by atoms with Gasteiger partial charge in [-0.1, -0.05) is 17.7 Å². The van der Waals surface area contributed by atoms with Crippen LogP contribution in [0.15, 0.2) is 52.5 Å². The van der Waals surface area contributed by atoms with Crippen molar-refractivity contribution in [2.45, 2.75) is 0 Å². The standard InChI is InChI=1S/C15H13ClN4O3S/c1-2-7-17-15(24)19-18-9-11-4-6-14(23-11)12-5-3-10(20(21)22)8-13(12)16/h2-6,8-9H,1,7H2,(H2,17,19,24)/b18-9-. The summed E-state index contributed by atoms with van der Waals surface area (Å²) in [5.41, 5.74) is 3.10. The molecule has 0 spiro atoms. The fraction of sp³-hybridized carbons (Fsp3) is 0.0667. The molecule has 0 saturated carbocycles. The Morgan fingerprint density at radius 3 is 2.92 bits per heavy atom. The summed E-state index contributed by atoms with van der Waals surface area (Å²) in [5, 5.41) is 18.1. The molecule has 1 heterocycles. The van der Waals surface area contributed by atoms with E-state index in [1.54, 1.807) is 18.2 Å². The van der Waals surface area contributed by atoms with Gasteiger partial charge in [0, 0.05) is 24.2 Å². The molecule has 2 rings (SSSR count).